The van der Waals surface area contributed by atoms with E-state index < -0.39 is 0 Å². The monoisotopic (exact) mass is 198 g/mol. The van der Waals surface area contributed by atoms with Gasteiger partial charge in [-0.2, -0.15) is 0 Å². The molecule has 3 atom stereocenters. The highest BCUT2D eigenvalue weighted by Crippen LogP contribution is 2.66. The van der Waals surface area contributed by atoms with E-state index in [9.17, 15) is 0 Å². The third-order valence-electron chi connectivity index (χ3n) is 5.12. The molecule has 2 fully saturated rings. The smallest absolute Gasteiger partial charge is 0.0701 e. The maximum Gasteiger partial charge on any atom is 0.0701 e. The molecular formula is C12H22O2. The fraction of sp³-hybridized carbons (Fsp3) is 1.00. The van der Waals surface area contributed by atoms with Crippen LogP contribution in [0.25, 0.3) is 0 Å². The zero-order chi connectivity index (χ0) is 10.4. The van der Waals surface area contributed by atoms with Crippen molar-refractivity contribution in [2.24, 2.45) is 16.7 Å². The maximum atomic E-state index is 8.79. The molecule has 0 saturated heterocycles. The molecular weight excluding hydrogens is 176 g/mol. The van der Waals surface area contributed by atoms with Gasteiger partial charge in [-0.05, 0) is 36.0 Å². The molecule has 0 aromatic carbocycles. The third kappa shape index (κ3) is 1.17. The molecule has 0 aliphatic heterocycles. The number of rotatable bonds is 3. The van der Waals surface area contributed by atoms with Gasteiger partial charge in [0.05, 0.1) is 19.3 Å². The first-order valence-corrected chi connectivity index (χ1v) is 5.75. The van der Waals surface area contributed by atoms with Crippen LogP contribution >= 0.6 is 0 Å². The van der Waals surface area contributed by atoms with E-state index in [4.69, 9.17) is 9.84 Å². The van der Waals surface area contributed by atoms with Crippen LogP contribution < -0.4 is 0 Å². The molecule has 0 heterocycles. The first-order chi connectivity index (χ1) is 6.52. The lowest BCUT2D eigenvalue weighted by Crippen LogP contribution is -2.37. The summed E-state index contributed by atoms with van der Waals surface area (Å²) in [5.41, 5.74) is 0.764. The molecule has 2 aliphatic carbocycles. The van der Waals surface area contributed by atoms with Gasteiger partial charge >= 0.3 is 0 Å². The number of ether oxygens (including phenoxy) is 1. The minimum Gasteiger partial charge on any atom is -0.394 e. The topological polar surface area (TPSA) is 29.5 Å². The predicted octanol–water partition coefficient (Wildman–Crippen LogP) is 2.21. The predicted molar refractivity (Wildman–Crippen MR) is 56.1 cm³/mol. The molecule has 0 aromatic rings. The van der Waals surface area contributed by atoms with Crippen molar-refractivity contribution in [3.05, 3.63) is 0 Å². The third-order valence-corrected chi connectivity index (χ3v) is 5.12. The fourth-order valence-electron chi connectivity index (χ4n) is 3.58. The number of fused-ring (bicyclic) bond motifs is 2. The highest BCUT2D eigenvalue weighted by atomic mass is 16.5. The van der Waals surface area contributed by atoms with Gasteiger partial charge in [-0.15, -0.1) is 0 Å². The second-order valence-electron chi connectivity index (χ2n) is 5.69. The Morgan fingerprint density at radius 3 is 2.50 bits per heavy atom. The Morgan fingerprint density at radius 1 is 1.36 bits per heavy atom. The molecule has 0 radical (unpaired) electrons. The van der Waals surface area contributed by atoms with Crippen LogP contribution in [0.3, 0.4) is 0 Å². The van der Waals surface area contributed by atoms with Crippen LogP contribution in [0.4, 0.5) is 0 Å². The summed E-state index contributed by atoms with van der Waals surface area (Å²) in [6.45, 7) is 7.78. The Morgan fingerprint density at radius 2 is 2.07 bits per heavy atom. The lowest BCUT2D eigenvalue weighted by molar-refractivity contribution is -0.0562. The molecule has 3 unspecified atom stereocenters. The van der Waals surface area contributed by atoms with Gasteiger partial charge in [0.1, 0.15) is 0 Å². The van der Waals surface area contributed by atoms with Crippen molar-refractivity contribution in [1.29, 1.82) is 0 Å². The summed E-state index contributed by atoms with van der Waals surface area (Å²) < 4.78 is 5.77. The largest absolute Gasteiger partial charge is 0.394 e. The Hall–Kier alpha value is -0.0800. The van der Waals surface area contributed by atoms with Crippen molar-refractivity contribution in [1.82, 2.24) is 0 Å². The summed E-state index contributed by atoms with van der Waals surface area (Å²) in [6.07, 6.45) is 4.23. The van der Waals surface area contributed by atoms with Gasteiger partial charge in [-0.3, -0.25) is 0 Å². The van der Waals surface area contributed by atoms with Gasteiger partial charge in [0.25, 0.3) is 0 Å². The summed E-state index contributed by atoms with van der Waals surface area (Å²) in [7, 11) is 0. The number of hydrogen-bond donors (Lipinski definition) is 1. The molecule has 0 aromatic heterocycles. The number of hydrogen-bond acceptors (Lipinski definition) is 2. The lowest BCUT2D eigenvalue weighted by atomic mass is 9.70. The molecule has 2 aliphatic rings. The van der Waals surface area contributed by atoms with Crippen molar-refractivity contribution < 1.29 is 9.84 Å². The molecule has 2 bridgehead atoms. The summed E-state index contributed by atoms with van der Waals surface area (Å²) in [5.74, 6) is 0.830. The summed E-state index contributed by atoms with van der Waals surface area (Å²) >= 11 is 0. The molecule has 14 heavy (non-hydrogen) atoms. The van der Waals surface area contributed by atoms with E-state index in [0.29, 0.717) is 23.5 Å². The zero-order valence-corrected chi connectivity index (χ0v) is 9.55. The van der Waals surface area contributed by atoms with Crippen LogP contribution in [0.5, 0.6) is 0 Å². The van der Waals surface area contributed by atoms with E-state index >= 15 is 0 Å². The van der Waals surface area contributed by atoms with Crippen LogP contribution in [0.15, 0.2) is 0 Å². The molecule has 0 spiro atoms. The first kappa shape index (κ1) is 10.4. The van der Waals surface area contributed by atoms with Crippen molar-refractivity contribution in [2.45, 2.75) is 46.1 Å². The lowest BCUT2D eigenvalue weighted by Gasteiger charge is -2.38. The van der Waals surface area contributed by atoms with Gasteiger partial charge in [0.15, 0.2) is 0 Å². The average Bonchev–Trinajstić information content (AvgIpc) is 2.46. The minimum atomic E-state index is 0.150. The summed E-state index contributed by atoms with van der Waals surface area (Å²) in [4.78, 5) is 0. The Bertz CT molecular complexity index is 224. The van der Waals surface area contributed by atoms with E-state index in [1.54, 1.807) is 0 Å². The molecule has 2 nitrogen and oxygen atoms in total. The Balaban J connectivity index is 2.11. The standard InChI is InChI=1S/C12H22O2/c1-11(2)9-4-5-12(11,3)10(8-9)14-7-6-13/h9-10,13H,4-8H2,1-3H3. The van der Waals surface area contributed by atoms with Crippen LogP contribution in [0.1, 0.15) is 40.0 Å². The normalized spacial score (nSPS) is 44.6. The van der Waals surface area contributed by atoms with Gasteiger partial charge in [-0.25, -0.2) is 0 Å². The minimum absolute atomic E-state index is 0.150. The summed E-state index contributed by atoms with van der Waals surface area (Å²) in [6, 6.07) is 0. The number of aliphatic hydroxyl groups is 1. The molecule has 0 amide bonds. The van der Waals surface area contributed by atoms with Crippen LogP contribution in [0, 0.1) is 16.7 Å². The highest BCUT2D eigenvalue weighted by molar-refractivity contribution is 5.11. The quantitative estimate of drug-likeness (QED) is 0.753. The van der Waals surface area contributed by atoms with Crippen LogP contribution in [-0.2, 0) is 4.74 Å². The van der Waals surface area contributed by atoms with E-state index in [1.807, 2.05) is 0 Å². The summed E-state index contributed by atoms with van der Waals surface area (Å²) in [5, 5.41) is 8.79. The van der Waals surface area contributed by atoms with Crippen molar-refractivity contribution in [3.8, 4) is 0 Å². The van der Waals surface area contributed by atoms with Crippen LogP contribution in [-0.4, -0.2) is 24.4 Å². The fourth-order valence-corrected chi connectivity index (χ4v) is 3.58. The second kappa shape index (κ2) is 3.21. The van der Waals surface area contributed by atoms with Gasteiger partial charge in [-0.1, -0.05) is 20.8 Å². The number of aliphatic hydroxyl groups excluding tert-OH is 1. The van der Waals surface area contributed by atoms with E-state index in [0.717, 1.165) is 5.92 Å². The van der Waals surface area contributed by atoms with Crippen molar-refractivity contribution in [2.75, 3.05) is 13.2 Å². The van der Waals surface area contributed by atoms with Gasteiger partial charge < -0.3 is 9.84 Å². The molecule has 1 N–H and O–H groups in total. The zero-order valence-electron chi connectivity index (χ0n) is 9.55. The molecule has 82 valence electrons. The van der Waals surface area contributed by atoms with Crippen LogP contribution in [0.2, 0.25) is 0 Å². The SMILES string of the molecule is CC1(C)C2CCC1(C)C(OCCO)C2. The highest BCUT2D eigenvalue weighted by Gasteiger charge is 2.61. The van der Waals surface area contributed by atoms with Gasteiger partial charge in [0, 0.05) is 0 Å². The van der Waals surface area contributed by atoms with E-state index in [2.05, 4.69) is 20.8 Å². The average molecular weight is 198 g/mol. The van der Waals surface area contributed by atoms with Crippen molar-refractivity contribution in [3.63, 3.8) is 0 Å². The second-order valence-corrected chi connectivity index (χ2v) is 5.69. The molecule has 2 saturated carbocycles. The van der Waals surface area contributed by atoms with Crippen molar-refractivity contribution >= 4 is 0 Å². The molecule has 2 heteroatoms. The Labute approximate surface area is 86.6 Å². The van der Waals surface area contributed by atoms with Gasteiger partial charge in [0.2, 0.25) is 0 Å². The Kier molecular flexibility index (Phi) is 2.39. The first-order valence-electron chi connectivity index (χ1n) is 5.75. The van der Waals surface area contributed by atoms with E-state index in [-0.39, 0.29) is 6.61 Å². The molecule has 2 rings (SSSR count). The van der Waals surface area contributed by atoms with E-state index in [1.165, 1.54) is 19.3 Å². The maximum absolute atomic E-state index is 8.79.